The molecule has 0 spiro atoms. The quantitative estimate of drug-likeness (QED) is 0.749. The summed E-state index contributed by atoms with van der Waals surface area (Å²) in [6, 6.07) is 8.86. The Hall–Kier alpha value is -3.53. The van der Waals surface area contributed by atoms with Crippen molar-refractivity contribution in [1.82, 2.24) is 14.8 Å². The SMILES string of the molecule is CCOc1cc(-c2cc(-c3cn(C)nc3C)nc(N)c2C#N)ccc1O. The highest BCUT2D eigenvalue weighted by atomic mass is 16.5. The van der Waals surface area contributed by atoms with Crippen molar-refractivity contribution in [2.24, 2.45) is 7.05 Å². The lowest BCUT2D eigenvalue weighted by molar-refractivity contribution is 0.318. The highest BCUT2D eigenvalue weighted by Gasteiger charge is 2.17. The largest absolute Gasteiger partial charge is 0.504 e. The lowest BCUT2D eigenvalue weighted by Crippen LogP contribution is -2.00. The van der Waals surface area contributed by atoms with Crippen LogP contribution >= 0.6 is 0 Å². The van der Waals surface area contributed by atoms with Crippen LogP contribution in [0.1, 0.15) is 18.2 Å². The van der Waals surface area contributed by atoms with E-state index >= 15 is 0 Å². The van der Waals surface area contributed by atoms with Gasteiger partial charge in [-0.15, -0.1) is 0 Å². The highest BCUT2D eigenvalue weighted by Crippen LogP contribution is 2.36. The van der Waals surface area contributed by atoms with E-state index in [9.17, 15) is 10.4 Å². The van der Waals surface area contributed by atoms with Crippen LogP contribution in [-0.4, -0.2) is 26.5 Å². The number of pyridine rings is 1. The highest BCUT2D eigenvalue weighted by molar-refractivity contribution is 5.81. The topological polar surface area (TPSA) is 110 Å². The van der Waals surface area contributed by atoms with E-state index in [4.69, 9.17) is 10.5 Å². The Labute approximate surface area is 151 Å². The van der Waals surface area contributed by atoms with Gasteiger partial charge in [-0.3, -0.25) is 4.68 Å². The van der Waals surface area contributed by atoms with E-state index < -0.39 is 0 Å². The van der Waals surface area contributed by atoms with Crippen molar-refractivity contribution in [3.8, 4) is 40.0 Å². The molecule has 3 aromatic rings. The Morgan fingerprint density at radius 2 is 2.08 bits per heavy atom. The molecule has 0 atom stereocenters. The summed E-state index contributed by atoms with van der Waals surface area (Å²) >= 11 is 0. The summed E-state index contributed by atoms with van der Waals surface area (Å²) in [4.78, 5) is 4.37. The fourth-order valence-electron chi connectivity index (χ4n) is 2.85. The molecular weight excluding hydrogens is 330 g/mol. The van der Waals surface area contributed by atoms with Gasteiger partial charge in [-0.05, 0) is 37.6 Å². The molecule has 3 rings (SSSR count). The average molecular weight is 349 g/mol. The minimum atomic E-state index is 0.0412. The number of ether oxygens (including phenoxy) is 1. The summed E-state index contributed by atoms with van der Waals surface area (Å²) in [6.45, 7) is 4.14. The number of hydrogen-bond donors (Lipinski definition) is 2. The molecule has 3 N–H and O–H groups in total. The predicted octanol–water partition coefficient (Wildman–Crippen LogP) is 3.02. The number of anilines is 1. The molecule has 0 aliphatic heterocycles. The van der Waals surface area contributed by atoms with Crippen LogP contribution in [-0.2, 0) is 7.05 Å². The van der Waals surface area contributed by atoms with Crippen molar-refractivity contribution in [2.75, 3.05) is 12.3 Å². The maximum atomic E-state index is 9.93. The Morgan fingerprint density at radius 3 is 2.69 bits per heavy atom. The zero-order valence-electron chi connectivity index (χ0n) is 14.8. The third-order valence-electron chi connectivity index (χ3n) is 4.02. The van der Waals surface area contributed by atoms with Gasteiger partial charge in [-0.2, -0.15) is 10.4 Å². The van der Waals surface area contributed by atoms with Gasteiger partial charge in [0.1, 0.15) is 17.5 Å². The van der Waals surface area contributed by atoms with E-state index in [1.807, 2.05) is 27.1 Å². The van der Waals surface area contributed by atoms with Crippen molar-refractivity contribution in [3.63, 3.8) is 0 Å². The second-order valence-corrected chi connectivity index (χ2v) is 5.84. The Bertz CT molecular complexity index is 1020. The third kappa shape index (κ3) is 3.05. The first-order valence-electron chi connectivity index (χ1n) is 8.12. The number of aromatic hydroxyl groups is 1. The number of aryl methyl sites for hydroxylation is 2. The van der Waals surface area contributed by atoms with E-state index in [1.54, 1.807) is 22.9 Å². The smallest absolute Gasteiger partial charge is 0.161 e. The standard InChI is InChI=1S/C19H19N5O2/c1-4-26-18-7-12(5-6-17(18)25)13-8-16(22-19(21)14(13)9-20)15-10-24(3)23-11(15)2/h5-8,10,25H,4H2,1-3H3,(H2,21,22). The van der Waals surface area contributed by atoms with Gasteiger partial charge in [-0.25, -0.2) is 4.98 Å². The summed E-state index contributed by atoms with van der Waals surface area (Å²) < 4.78 is 7.15. The van der Waals surface area contributed by atoms with Gasteiger partial charge in [-0.1, -0.05) is 6.07 Å². The molecule has 0 amide bonds. The molecule has 2 heterocycles. The summed E-state index contributed by atoms with van der Waals surface area (Å²) in [7, 11) is 1.83. The molecule has 0 aliphatic rings. The van der Waals surface area contributed by atoms with E-state index in [0.717, 1.165) is 11.3 Å². The predicted molar refractivity (Wildman–Crippen MR) is 98.6 cm³/mol. The van der Waals surface area contributed by atoms with Crippen LogP contribution in [0, 0.1) is 18.3 Å². The first-order chi connectivity index (χ1) is 12.4. The maximum Gasteiger partial charge on any atom is 0.161 e. The van der Waals surface area contributed by atoms with Crippen LogP contribution in [0.15, 0.2) is 30.5 Å². The molecule has 2 aromatic heterocycles. The molecule has 7 nitrogen and oxygen atoms in total. The van der Waals surface area contributed by atoms with Crippen LogP contribution in [0.2, 0.25) is 0 Å². The number of benzene rings is 1. The molecule has 132 valence electrons. The zero-order chi connectivity index (χ0) is 18.8. The van der Waals surface area contributed by atoms with Crippen molar-refractivity contribution in [1.29, 1.82) is 5.26 Å². The number of rotatable bonds is 4. The molecule has 0 radical (unpaired) electrons. The monoisotopic (exact) mass is 349 g/mol. The number of phenolic OH excluding ortho intramolecular Hbond substituents is 1. The third-order valence-corrected chi connectivity index (χ3v) is 4.02. The Morgan fingerprint density at radius 1 is 1.31 bits per heavy atom. The lowest BCUT2D eigenvalue weighted by Gasteiger charge is -2.12. The van der Waals surface area contributed by atoms with Crippen molar-refractivity contribution in [2.45, 2.75) is 13.8 Å². The van der Waals surface area contributed by atoms with E-state index in [2.05, 4.69) is 16.2 Å². The van der Waals surface area contributed by atoms with E-state index in [1.165, 1.54) is 6.07 Å². The maximum absolute atomic E-state index is 9.93. The average Bonchev–Trinajstić information content (AvgIpc) is 2.94. The van der Waals surface area contributed by atoms with Crippen LogP contribution in [0.5, 0.6) is 11.5 Å². The van der Waals surface area contributed by atoms with Crippen LogP contribution in [0.25, 0.3) is 22.4 Å². The number of nitrogens with two attached hydrogens (primary N) is 1. The number of nitriles is 1. The molecule has 0 unspecified atom stereocenters. The molecule has 0 saturated heterocycles. The van der Waals surface area contributed by atoms with Crippen molar-refractivity contribution in [3.05, 3.63) is 41.7 Å². The summed E-state index contributed by atoms with van der Waals surface area (Å²) in [5.41, 5.74) is 9.95. The van der Waals surface area contributed by atoms with Crippen molar-refractivity contribution >= 4 is 5.82 Å². The number of phenols is 1. The van der Waals surface area contributed by atoms with Crippen LogP contribution in [0.3, 0.4) is 0 Å². The Kier molecular flexibility index (Phi) is 4.50. The zero-order valence-corrected chi connectivity index (χ0v) is 14.8. The summed E-state index contributed by atoms with van der Waals surface area (Å²) in [5, 5.41) is 23.8. The number of aromatic nitrogens is 3. The minimum Gasteiger partial charge on any atom is -0.504 e. The van der Waals surface area contributed by atoms with Gasteiger partial charge in [0, 0.05) is 24.4 Å². The van der Waals surface area contributed by atoms with Gasteiger partial charge in [0.15, 0.2) is 11.5 Å². The second-order valence-electron chi connectivity index (χ2n) is 5.84. The molecule has 0 bridgehead atoms. The molecule has 0 fully saturated rings. The second kappa shape index (κ2) is 6.76. The van der Waals surface area contributed by atoms with E-state index in [-0.39, 0.29) is 17.1 Å². The summed E-state index contributed by atoms with van der Waals surface area (Å²) in [6.07, 6.45) is 1.86. The normalized spacial score (nSPS) is 10.5. The molecule has 0 saturated carbocycles. The molecule has 1 aromatic carbocycles. The van der Waals surface area contributed by atoms with Crippen LogP contribution < -0.4 is 10.5 Å². The number of nitrogens with zero attached hydrogens (tertiary/aromatic N) is 4. The first kappa shape index (κ1) is 17.3. The van der Waals surface area contributed by atoms with Gasteiger partial charge < -0.3 is 15.6 Å². The number of hydrogen-bond acceptors (Lipinski definition) is 6. The van der Waals surface area contributed by atoms with E-state index in [0.29, 0.717) is 29.2 Å². The van der Waals surface area contributed by atoms with Gasteiger partial charge in [0.05, 0.1) is 18.0 Å². The fourth-order valence-corrected chi connectivity index (χ4v) is 2.85. The fraction of sp³-hybridized carbons (Fsp3) is 0.211. The van der Waals surface area contributed by atoms with Gasteiger partial charge in [0.25, 0.3) is 0 Å². The molecule has 26 heavy (non-hydrogen) atoms. The van der Waals surface area contributed by atoms with Gasteiger partial charge in [0.2, 0.25) is 0 Å². The summed E-state index contributed by atoms with van der Waals surface area (Å²) in [5.74, 6) is 0.539. The number of nitrogen functional groups attached to an aromatic ring is 1. The molecule has 7 heteroatoms. The first-order valence-corrected chi connectivity index (χ1v) is 8.12. The minimum absolute atomic E-state index is 0.0412. The van der Waals surface area contributed by atoms with Crippen molar-refractivity contribution < 1.29 is 9.84 Å². The molecule has 0 aliphatic carbocycles. The lowest BCUT2D eigenvalue weighted by atomic mass is 9.98. The Balaban J connectivity index is 2.22. The molecular formula is C19H19N5O2. The van der Waals surface area contributed by atoms with Gasteiger partial charge >= 0.3 is 0 Å². The van der Waals surface area contributed by atoms with Crippen LogP contribution in [0.4, 0.5) is 5.82 Å².